The van der Waals surface area contributed by atoms with Crippen molar-refractivity contribution in [1.82, 2.24) is 4.98 Å². The Hall–Kier alpha value is -2.18. The lowest BCUT2D eigenvalue weighted by Crippen LogP contribution is -2.43. The van der Waals surface area contributed by atoms with E-state index in [2.05, 4.69) is 10.3 Å². The molecule has 0 aromatic carbocycles. The van der Waals surface area contributed by atoms with Crippen LogP contribution in [0, 0.1) is 10.1 Å². The van der Waals surface area contributed by atoms with Crippen molar-refractivity contribution in [3.8, 4) is 0 Å². The third-order valence-electron chi connectivity index (χ3n) is 3.19. The third-order valence-corrected chi connectivity index (χ3v) is 3.19. The summed E-state index contributed by atoms with van der Waals surface area (Å²) in [6.45, 7) is 0. The van der Waals surface area contributed by atoms with Gasteiger partial charge in [-0.1, -0.05) is 12.8 Å². The molecule has 0 spiro atoms. The first-order chi connectivity index (χ1) is 8.53. The molecule has 0 radical (unpaired) electrons. The minimum Gasteiger partial charge on any atom is -0.480 e. The summed E-state index contributed by atoms with van der Waals surface area (Å²) in [6, 6.07) is 2.52. The number of nitrogens with zero attached hydrogens (tertiary/aromatic N) is 2. The molecule has 1 aromatic heterocycles. The Kier molecular flexibility index (Phi) is 3.14. The van der Waals surface area contributed by atoms with Crippen LogP contribution in [0.3, 0.4) is 0 Å². The molecule has 0 atom stereocenters. The highest BCUT2D eigenvalue weighted by Crippen LogP contribution is 2.33. The number of rotatable bonds is 4. The number of hydrogen-bond donors (Lipinski definition) is 2. The van der Waals surface area contributed by atoms with Gasteiger partial charge in [0.05, 0.1) is 11.0 Å². The van der Waals surface area contributed by atoms with Crippen molar-refractivity contribution in [2.45, 2.75) is 31.2 Å². The molecule has 0 amide bonds. The summed E-state index contributed by atoms with van der Waals surface area (Å²) in [6.07, 6.45) is 3.97. The minimum absolute atomic E-state index is 0.106. The Morgan fingerprint density at radius 2 is 2.17 bits per heavy atom. The number of aliphatic carboxylic acids is 1. The van der Waals surface area contributed by atoms with Crippen LogP contribution in [0.5, 0.6) is 0 Å². The molecule has 0 unspecified atom stereocenters. The quantitative estimate of drug-likeness (QED) is 0.624. The van der Waals surface area contributed by atoms with E-state index in [1.165, 1.54) is 18.3 Å². The average Bonchev–Trinajstić information content (AvgIpc) is 2.79. The molecular formula is C11H13N3O4. The standard InChI is InChI=1S/C11H13N3O4/c15-10(16)11(4-1-2-5-11)13-9-7-8(14(17)18)3-6-12-9/h3,6-7H,1-2,4-5H2,(H,12,13)(H,15,16). The van der Waals surface area contributed by atoms with Crippen molar-refractivity contribution in [1.29, 1.82) is 0 Å². The summed E-state index contributed by atoms with van der Waals surface area (Å²) in [5.74, 6) is -0.707. The number of anilines is 1. The molecule has 1 aromatic rings. The summed E-state index contributed by atoms with van der Waals surface area (Å²) in [5.41, 5.74) is -1.14. The van der Waals surface area contributed by atoms with Gasteiger partial charge < -0.3 is 10.4 Å². The van der Waals surface area contributed by atoms with E-state index in [0.29, 0.717) is 12.8 Å². The fraction of sp³-hybridized carbons (Fsp3) is 0.455. The number of pyridine rings is 1. The van der Waals surface area contributed by atoms with Gasteiger partial charge in [0.15, 0.2) is 0 Å². The van der Waals surface area contributed by atoms with Gasteiger partial charge in [0, 0.05) is 12.3 Å². The maximum absolute atomic E-state index is 11.3. The van der Waals surface area contributed by atoms with E-state index in [9.17, 15) is 20.0 Å². The Bertz CT molecular complexity index is 483. The maximum atomic E-state index is 11.3. The second kappa shape index (κ2) is 4.59. The molecule has 1 saturated carbocycles. The van der Waals surface area contributed by atoms with Crippen LogP contribution >= 0.6 is 0 Å². The lowest BCUT2D eigenvalue weighted by atomic mass is 9.98. The van der Waals surface area contributed by atoms with E-state index in [1.54, 1.807) is 0 Å². The molecule has 1 aliphatic carbocycles. The highest BCUT2D eigenvalue weighted by molar-refractivity contribution is 5.83. The Morgan fingerprint density at radius 1 is 1.50 bits per heavy atom. The molecule has 0 saturated heterocycles. The second-order valence-corrected chi connectivity index (χ2v) is 4.38. The number of carboxylic acids is 1. The van der Waals surface area contributed by atoms with Crippen LogP contribution in [0.2, 0.25) is 0 Å². The van der Waals surface area contributed by atoms with Gasteiger partial charge in [-0.3, -0.25) is 10.1 Å². The Labute approximate surface area is 103 Å². The number of nitro groups is 1. The van der Waals surface area contributed by atoms with Crippen LogP contribution in [0.15, 0.2) is 18.3 Å². The summed E-state index contributed by atoms with van der Waals surface area (Å²) < 4.78 is 0. The first kappa shape index (κ1) is 12.3. The smallest absolute Gasteiger partial charge is 0.329 e. The van der Waals surface area contributed by atoms with E-state index < -0.39 is 16.4 Å². The molecule has 1 heterocycles. The second-order valence-electron chi connectivity index (χ2n) is 4.38. The van der Waals surface area contributed by atoms with Gasteiger partial charge in [-0.15, -0.1) is 0 Å². The fourth-order valence-electron chi connectivity index (χ4n) is 2.22. The van der Waals surface area contributed by atoms with Gasteiger partial charge in [-0.05, 0) is 12.8 Å². The topological polar surface area (TPSA) is 105 Å². The van der Waals surface area contributed by atoms with Crippen LogP contribution < -0.4 is 5.32 Å². The molecule has 7 heteroatoms. The first-order valence-electron chi connectivity index (χ1n) is 5.65. The van der Waals surface area contributed by atoms with Crippen molar-refractivity contribution in [2.75, 3.05) is 5.32 Å². The van der Waals surface area contributed by atoms with E-state index in [4.69, 9.17) is 0 Å². The van der Waals surface area contributed by atoms with Gasteiger partial charge in [0.1, 0.15) is 11.4 Å². The zero-order valence-corrected chi connectivity index (χ0v) is 9.63. The van der Waals surface area contributed by atoms with Crippen molar-refractivity contribution in [3.05, 3.63) is 28.4 Å². The third kappa shape index (κ3) is 2.24. The van der Waals surface area contributed by atoms with E-state index in [0.717, 1.165) is 12.8 Å². The molecule has 1 aliphatic rings. The Balaban J connectivity index is 2.24. The van der Waals surface area contributed by atoms with Gasteiger partial charge >= 0.3 is 5.97 Å². The van der Waals surface area contributed by atoms with E-state index in [1.807, 2.05) is 0 Å². The molecule has 18 heavy (non-hydrogen) atoms. The van der Waals surface area contributed by atoms with Crippen LogP contribution in [-0.4, -0.2) is 26.5 Å². The summed E-state index contributed by atoms with van der Waals surface area (Å²) in [4.78, 5) is 25.4. The highest BCUT2D eigenvalue weighted by atomic mass is 16.6. The zero-order chi connectivity index (χ0) is 13.2. The molecule has 96 valence electrons. The lowest BCUT2D eigenvalue weighted by Gasteiger charge is -2.25. The normalized spacial score (nSPS) is 17.3. The first-order valence-corrected chi connectivity index (χ1v) is 5.65. The molecule has 1 fully saturated rings. The number of carboxylic acid groups (broad SMARTS) is 1. The summed E-state index contributed by atoms with van der Waals surface area (Å²) in [7, 11) is 0. The van der Waals surface area contributed by atoms with Gasteiger partial charge in [0.25, 0.3) is 5.69 Å². The van der Waals surface area contributed by atoms with Crippen LogP contribution in [-0.2, 0) is 4.79 Å². The summed E-state index contributed by atoms with van der Waals surface area (Å²) >= 11 is 0. The maximum Gasteiger partial charge on any atom is 0.329 e. The number of nitrogens with one attached hydrogen (secondary N) is 1. The molecular weight excluding hydrogens is 238 g/mol. The Morgan fingerprint density at radius 3 is 2.72 bits per heavy atom. The molecule has 2 rings (SSSR count). The van der Waals surface area contributed by atoms with E-state index >= 15 is 0 Å². The van der Waals surface area contributed by atoms with Crippen LogP contribution in [0.25, 0.3) is 0 Å². The predicted molar refractivity (Wildman–Crippen MR) is 63.3 cm³/mol. The van der Waals surface area contributed by atoms with Crippen LogP contribution in [0.1, 0.15) is 25.7 Å². The molecule has 0 bridgehead atoms. The zero-order valence-electron chi connectivity index (χ0n) is 9.63. The number of aromatic nitrogens is 1. The van der Waals surface area contributed by atoms with Gasteiger partial charge in [-0.25, -0.2) is 9.78 Å². The SMILES string of the molecule is O=C(O)C1(Nc2cc([N+](=O)[O-])ccn2)CCCC1. The average molecular weight is 251 g/mol. The van der Waals surface area contributed by atoms with Crippen molar-refractivity contribution in [3.63, 3.8) is 0 Å². The summed E-state index contributed by atoms with van der Waals surface area (Å²) in [5, 5.41) is 22.8. The fourth-order valence-corrected chi connectivity index (χ4v) is 2.22. The van der Waals surface area contributed by atoms with Crippen molar-refractivity contribution >= 4 is 17.5 Å². The molecule has 7 nitrogen and oxygen atoms in total. The molecule has 2 N–H and O–H groups in total. The number of carbonyl (C=O) groups is 1. The predicted octanol–water partition coefficient (Wildman–Crippen LogP) is 1.80. The van der Waals surface area contributed by atoms with Gasteiger partial charge in [0.2, 0.25) is 0 Å². The lowest BCUT2D eigenvalue weighted by molar-refractivity contribution is -0.384. The van der Waals surface area contributed by atoms with E-state index in [-0.39, 0.29) is 11.5 Å². The van der Waals surface area contributed by atoms with Crippen molar-refractivity contribution in [2.24, 2.45) is 0 Å². The minimum atomic E-state index is -1.04. The van der Waals surface area contributed by atoms with Crippen molar-refractivity contribution < 1.29 is 14.8 Å². The highest BCUT2D eigenvalue weighted by Gasteiger charge is 2.41. The molecule has 0 aliphatic heterocycles. The van der Waals surface area contributed by atoms with Gasteiger partial charge in [-0.2, -0.15) is 0 Å². The van der Waals surface area contributed by atoms with Crippen LogP contribution in [0.4, 0.5) is 11.5 Å². The monoisotopic (exact) mass is 251 g/mol. The number of hydrogen-bond acceptors (Lipinski definition) is 5. The largest absolute Gasteiger partial charge is 0.480 e.